The third kappa shape index (κ3) is 4.99. The molecular weight excluding hydrogens is 399 g/mol. The Morgan fingerprint density at radius 2 is 2.00 bits per heavy atom. The number of piperidine rings is 1. The van der Waals surface area contributed by atoms with Gasteiger partial charge in [0.1, 0.15) is 12.1 Å². The molecule has 3 heterocycles. The van der Waals surface area contributed by atoms with Crippen molar-refractivity contribution >= 4 is 24.3 Å². The van der Waals surface area contributed by atoms with Crippen LogP contribution in [0.4, 0.5) is 10.3 Å². The molecule has 10 heteroatoms. The minimum Gasteiger partial charge on any atom is -0.444 e. The van der Waals surface area contributed by atoms with E-state index in [1.807, 2.05) is 0 Å². The van der Waals surface area contributed by atoms with Crippen molar-refractivity contribution in [1.82, 2.24) is 25.1 Å². The summed E-state index contributed by atoms with van der Waals surface area (Å²) in [6.07, 6.45) is 3.45. The number of aromatic nitrogens is 4. The first-order valence-corrected chi connectivity index (χ1v) is 9.20. The number of anilines is 1. The van der Waals surface area contributed by atoms with Crippen molar-refractivity contribution in [3.63, 3.8) is 0 Å². The van der Waals surface area contributed by atoms with Crippen LogP contribution in [0.15, 0.2) is 34.9 Å². The molecule has 1 amide bonds. The molecule has 1 aliphatic heterocycles. The second-order valence-corrected chi connectivity index (χ2v) is 6.82. The normalized spacial score (nSPS) is 14.4. The van der Waals surface area contributed by atoms with E-state index >= 15 is 0 Å². The maximum atomic E-state index is 13.0. The molecule has 1 saturated heterocycles. The van der Waals surface area contributed by atoms with Gasteiger partial charge in [-0.1, -0.05) is 0 Å². The zero-order valence-corrected chi connectivity index (χ0v) is 16.7. The van der Waals surface area contributed by atoms with Crippen LogP contribution in [0.25, 0.3) is 11.5 Å². The van der Waals surface area contributed by atoms with E-state index in [1.54, 1.807) is 23.9 Å². The molecule has 4 rings (SSSR count). The summed E-state index contributed by atoms with van der Waals surface area (Å²) in [5, 5.41) is 10.5. The van der Waals surface area contributed by atoms with Crippen LogP contribution in [-0.2, 0) is 18.3 Å². The van der Waals surface area contributed by atoms with Gasteiger partial charge in [-0.2, -0.15) is 10.1 Å². The van der Waals surface area contributed by atoms with Crippen molar-refractivity contribution < 1.29 is 13.6 Å². The van der Waals surface area contributed by atoms with Gasteiger partial charge in [0.25, 0.3) is 0 Å². The van der Waals surface area contributed by atoms with Gasteiger partial charge in [-0.15, -0.1) is 12.4 Å². The number of amides is 1. The summed E-state index contributed by atoms with van der Waals surface area (Å²) >= 11 is 0. The number of hydrogen-bond donors (Lipinski definition) is 2. The summed E-state index contributed by atoms with van der Waals surface area (Å²) in [4.78, 5) is 21.2. The Labute approximate surface area is 173 Å². The van der Waals surface area contributed by atoms with Crippen LogP contribution >= 0.6 is 12.4 Å². The Morgan fingerprint density at radius 1 is 1.28 bits per heavy atom. The number of aryl methyl sites for hydroxylation is 1. The fourth-order valence-corrected chi connectivity index (χ4v) is 3.21. The molecule has 3 aromatic rings. The van der Waals surface area contributed by atoms with E-state index < -0.39 is 0 Å². The second-order valence-electron chi connectivity index (χ2n) is 6.82. The maximum Gasteiger partial charge on any atom is 0.232 e. The standard InChI is InChI=1S/C19H21FN6O2.ClH/c1-26-19(24-17(25-26)12-6-8-21-9-7-12)23-16(27)10-15-11-28-18(22-15)13-2-4-14(20)5-3-13;/h2-5,11-12,21H,6-10H2,1H3,(H,23,24,25,27);1H. The van der Waals surface area contributed by atoms with Crippen LogP contribution in [-0.4, -0.2) is 38.7 Å². The van der Waals surface area contributed by atoms with E-state index in [1.165, 1.54) is 18.4 Å². The van der Waals surface area contributed by atoms with Gasteiger partial charge >= 0.3 is 0 Å². The number of nitrogens with zero attached hydrogens (tertiary/aromatic N) is 4. The molecule has 0 aliphatic carbocycles. The minimum absolute atomic E-state index is 0. The number of carbonyl (C=O) groups excluding carboxylic acids is 1. The lowest BCUT2D eigenvalue weighted by atomic mass is 9.98. The molecule has 0 saturated carbocycles. The van der Waals surface area contributed by atoms with Crippen LogP contribution in [0.2, 0.25) is 0 Å². The van der Waals surface area contributed by atoms with Crippen molar-refractivity contribution in [2.75, 3.05) is 18.4 Å². The number of benzene rings is 1. The van der Waals surface area contributed by atoms with Gasteiger partial charge in [0.05, 0.1) is 12.1 Å². The maximum absolute atomic E-state index is 13.0. The molecule has 0 radical (unpaired) electrons. The highest BCUT2D eigenvalue weighted by atomic mass is 35.5. The van der Waals surface area contributed by atoms with E-state index in [2.05, 4.69) is 25.7 Å². The van der Waals surface area contributed by atoms with Gasteiger partial charge in [-0.3, -0.25) is 10.1 Å². The summed E-state index contributed by atoms with van der Waals surface area (Å²) in [7, 11) is 1.76. The minimum atomic E-state index is -0.331. The Morgan fingerprint density at radius 3 is 2.72 bits per heavy atom. The Balaban J connectivity index is 0.00000240. The number of hydrogen-bond acceptors (Lipinski definition) is 6. The molecule has 154 valence electrons. The third-order valence-corrected chi connectivity index (χ3v) is 4.72. The molecule has 0 atom stereocenters. The average Bonchev–Trinajstić information content (AvgIpc) is 3.30. The molecule has 0 unspecified atom stereocenters. The molecule has 2 N–H and O–H groups in total. The Hall–Kier alpha value is -2.78. The first-order valence-electron chi connectivity index (χ1n) is 9.20. The van der Waals surface area contributed by atoms with Crippen molar-refractivity contribution in [2.45, 2.75) is 25.2 Å². The van der Waals surface area contributed by atoms with E-state index in [0.29, 0.717) is 29.0 Å². The summed E-state index contributed by atoms with van der Waals surface area (Å²) < 4.78 is 20.0. The molecule has 29 heavy (non-hydrogen) atoms. The van der Waals surface area contributed by atoms with E-state index in [0.717, 1.165) is 31.8 Å². The zero-order chi connectivity index (χ0) is 19.5. The predicted octanol–water partition coefficient (Wildman–Crippen LogP) is 2.68. The molecule has 2 aromatic heterocycles. The van der Waals surface area contributed by atoms with Gasteiger partial charge < -0.3 is 9.73 Å². The van der Waals surface area contributed by atoms with E-state index in [4.69, 9.17) is 4.42 Å². The smallest absolute Gasteiger partial charge is 0.232 e. The fraction of sp³-hybridized carbons (Fsp3) is 0.368. The van der Waals surface area contributed by atoms with Crippen molar-refractivity contribution in [2.24, 2.45) is 7.05 Å². The first-order chi connectivity index (χ1) is 13.6. The predicted molar refractivity (Wildman–Crippen MR) is 107 cm³/mol. The topological polar surface area (TPSA) is 97.9 Å². The lowest BCUT2D eigenvalue weighted by molar-refractivity contribution is -0.115. The number of nitrogens with one attached hydrogen (secondary N) is 2. The van der Waals surface area contributed by atoms with E-state index in [-0.39, 0.29) is 30.6 Å². The number of rotatable bonds is 5. The summed E-state index contributed by atoms with van der Waals surface area (Å²) in [5.74, 6) is 1.25. The van der Waals surface area contributed by atoms with Gasteiger partial charge in [0, 0.05) is 18.5 Å². The monoisotopic (exact) mass is 420 g/mol. The van der Waals surface area contributed by atoms with Crippen molar-refractivity contribution in [3.05, 3.63) is 47.9 Å². The van der Waals surface area contributed by atoms with Crippen LogP contribution < -0.4 is 10.6 Å². The highest BCUT2D eigenvalue weighted by Gasteiger charge is 2.21. The van der Waals surface area contributed by atoms with Gasteiger partial charge in [0.2, 0.25) is 17.7 Å². The fourth-order valence-electron chi connectivity index (χ4n) is 3.21. The molecule has 1 fully saturated rings. The van der Waals surface area contributed by atoms with Gasteiger partial charge in [-0.05, 0) is 50.2 Å². The Kier molecular flexibility index (Phi) is 6.60. The first kappa shape index (κ1) is 20.9. The summed E-state index contributed by atoms with van der Waals surface area (Å²) in [6, 6.07) is 5.82. The quantitative estimate of drug-likeness (QED) is 0.658. The molecule has 8 nitrogen and oxygen atoms in total. The molecule has 1 aromatic carbocycles. The van der Waals surface area contributed by atoms with Crippen molar-refractivity contribution in [3.8, 4) is 11.5 Å². The lowest BCUT2D eigenvalue weighted by Crippen LogP contribution is -2.27. The molecule has 0 bridgehead atoms. The van der Waals surface area contributed by atoms with Crippen LogP contribution in [0.1, 0.15) is 30.3 Å². The Bertz CT molecular complexity index is 965. The lowest BCUT2D eigenvalue weighted by Gasteiger charge is -2.19. The number of carbonyl (C=O) groups is 1. The highest BCUT2D eigenvalue weighted by molar-refractivity contribution is 5.90. The van der Waals surface area contributed by atoms with Gasteiger partial charge in [-0.25, -0.2) is 14.1 Å². The highest BCUT2D eigenvalue weighted by Crippen LogP contribution is 2.23. The summed E-state index contributed by atoms with van der Waals surface area (Å²) in [6.45, 7) is 1.90. The van der Waals surface area contributed by atoms with Crippen LogP contribution in [0, 0.1) is 5.82 Å². The zero-order valence-electron chi connectivity index (χ0n) is 15.9. The van der Waals surface area contributed by atoms with Gasteiger partial charge in [0.15, 0.2) is 5.82 Å². The molecule has 0 spiro atoms. The molecular formula is C19H22ClFN6O2. The van der Waals surface area contributed by atoms with Crippen LogP contribution in [0.5, 0.6) is 0 Å². The molecule has 1 aliphatic rings. The number of oxazole rings is 1. The van der Waals surface area contributed by atoms with E-state index in [9.17, 15) is 9.18 Å². The van der Waals surface area contributed by atoms with Crippen molar-refractivity contribution in [1.29, 1.82) is 0 Å². The summed E-state index contributed by atoms with van der Waals surface area (Å²) in [5.41, 5.74) is 1.13. The third-order valence-electron chi connectivity index (χ3n) is 4.72. The average molecular weight is 421 g/mol. The largest absolute Gasteiger partial charge is 0.444 e. The van der Waals surface area contributed by atoms with Crippen LogP contribution in [0.3, 0.4) is 0 Å². The SMILES string of the molecule is Cl.Cn1nc(C2CCNCC2)nc1NC(=O)Cc1coc(-c2ccc(F)cc2)n1. The second kappa shape index (κ2) is 9.15. The number of halogens is 2.